The second-order valence-electron chi connectivity index (χ2n) is 3.64. The van der Waals surface area contributed by atoms with Crippen molar-refractivity contribution in [1.29, 1.82) is 0 Å². The second kappa shape index (κ2) is 3.79. The minimum atomic E-state index is -0.214. The number of benzene rings is 1. The van der Waals surface area contributed by atoms with Crippen LogP contribution in [0.3, 0.4) is 0 Å². The minimum Gasteiger partial charge on any atom is -0.357 e. The van der Waals surface area contributed by atoms with E-state index in [-0.39, 0.29) is 5.91 Å². The van der Waals surface area contributed by atoms with Crippen molar-refractivity contribution in [3.63, 3.8) is 0 Å². The van der Waals surface area contributed by atoms with Gasteiger partial charge in [0.1, 0.15) is 5.69 Å². The van der Waals surface area contributed by atoms with E-state index in [1.54, 1.807) is 18.3 Å². The fraction of sp³-hybridized carbons (Fsp3) is 0. The summed E-state index contributed by atoms with van der Waals surface area (Å²) in [6, 6.07) is 11.1. The van der Waals surface area contributed by atoms with Crippen LogP contribution in [0, 0.1) is 0 Å². The van der Waals surface area contributed by atoms with Crippen LogP contribution in [-0.2, 0) is 0 Å². The number of carbonyl (C=O) groups excluding carboxylic acids is 1. The van der Waals surface area contributed by atoms with Crippen LogP contribution in [0.15, 0.2) is 42.6 Å². The first-order valence-electron chi connectivity index (χ1n) is 5.22. The lowest BCUT2D eigenvalue weighted by molar-refractivity contribution is 0.102. The largest absolute Gasteiger partial charge is 0.357 e. The summed E-state index contributed by atoms with van der Waals surface area (Å²) >= 11 is 0. The number of H-pyrrole nitrogens is 2. The van der Waals surface area contributed by atoms with Crippen LogP contribution < -0.4 is 5.32 Å². The van der Waals surface area contributed by atoms with Gasteiger partial charge < -0.3 is 9.97 Å². The smallest absolute Gasteiger partial charge is 0.274 e. The van der Waals surface area contributed by atoms with Crippen LogP contribution in [0.5, 0.6) is 0 Å². The summed E-state index contributed by atoms with van der Waals surface area (Å²) in [4.78, 5) is 21.9. The number of amides is 1. The molecule has 2 heterocycles. The van der Waals surface area contributed by atoms with Crippen molar-refractivity contribution in [2.75, 3.05) is 5.32 Å². The molecule has 0 saturated carbocycles. The number of aromatic nitrogens is 3. The van der Waals surface area contributed by atoms with Crippen LogP contribution in [0.1, 0.15) is 10.5 Å². The van der Waals surface area contributed by atoms with Crippen LogP contribution in [0.2, 0.25) is 0 Å². The topological polar surface area (TPSA) is 73.6 Å². The monoisotopic (exact) mass is 226 g/mol. The first-order valence-corrected chi connectivity index (χ1v) is 5.22. The van der Waals surface area contributed by atoms with Gasteiger partial charge in [0.15, 0.2) is 0 Å². The number of nitrogens with one attached hydrogen (secondary N) is 3. The van der Waals surface area contributed by atoms with E-state index in [4.69, 9.17) is 0 Å². The van der Waals surface area contributed by atoms with Gasteiger partial charge >= 0.3 is 0 Å². The SMILES string of the molecule is O=C(Nc1nc2ccccc2[nH]1)c1ccc[nH]1. The molecule has 0 unspecified atom stereocenters. The summed E-state index contributed by atoms with van der Waals surface area (Å²) in [7, 11) is 0. The second-order valence-corrected chi connectivity index (χ2v) is 3.64. The van der Waals surface area contributed by atoms with E-state index >= 15 is 0 Å². The Hall–Kier alpha value is -2.56. The first kappa shape index (κ1) is 9.65. The van der Waals surface area contributed by atoms with Gasteiger partial charge in [-0.2, -0.15) is 0 Å². The van der Waals surface area contributed by atoms with E-state index < -0.39 is 0 Å². The number of para-hydroxylation sites is 2. The normalized spacial score (nSPS) is 10.6. The molecule has 2 aromatic heterocycles. The summed E-state index contributed by atoms with van der Waals surface area (Å²) in [6.07, 6.45) is 1.70. The maximum absolute atomic E-state index is 11.7. The Morgan fingerprint density at radius 1 is 1.18 bits per heavy atom. The Kier molecular flexibility index (Phi) is 2.15. The molecule has 84 valence electrons. The van der Waals surface area contributed by atoms with Crippen molar-refractivity contribution < 1.29 is 4.79 Å². The average molecular weight is 226 g/mol. The zero-order valence-electron chi connectivity index (χ0n) is 8.90. The number of rotatable bonds is 2. The van der Waals surface area contributed by atoms with Gasteiger partial charge in [-0.05, 0) is 24.3 Å². The molecule has 1 amide bonds. The molecule has 5 heteroatoms. The quantitative estimate of drug-likeness (QED) is 0.626. The van der Waals surface area contributed by atoms with E-state index in [1.165, 1.54) is 0 Å². The molecule has 0 aliphatic rings. The molecule has 1 aromatic carbocycles. The molecule has 0 aliphatic heterocycles. The lowest BCUT2D eigenvalue weighted by atomic mass is 10.3. The maximum Gasteiger partial charge on any atom is 0.274 e. The molecule has 5 nitrogen and oxygen atoms in total. The average Bonchev–Trinajstić information content (AvgIpc) is 2.97. The zero-order chi connectivity index (χ0) is 11.7. The van der Waals surface area contributed by atoms with Gasteiger partial charge in [-0.3, -0.25) is 10.1 Å². The highest BCUT2D eigenvalue weighted by molar-refractivity contribution is 6.02. The van der Waals surface area contributed by atoms with Crippen molar-refractivity contribution in [2.45, 2.75) is 0 Å². The van der Waals surface area contributed by atoms with Gasteiger partial charge in [0.05, 0.1) is 11.0 Å². The summed E-state index contributed by atoms with van der Waals surface area (Å²) in [5, 5.41) is 2.70. The molecule has 0 spiro atoms. The highest BCUT2D eigenvalue weighted by Crippen LogP contribution is 2.13. The van der Waals surface area contributed by atoms with Gasteiger partial charge in [-0.1, -0.05) is 12.1 Å². The van der Waals surface area contributed by atoms with Crippen LogP contribution in [0.25, 0.3) is 11.0 Å². The van der Waals surface area contributed by atoms with E-state index in [1.807, 2.05) is 24.3 Å². The van der Waals surface area contributed by atoms with Crippen molar-refractivity contribution in [2.24, 2.45) is 0 Å². The molecule has 0 atom stereocenters. The number of imidazole rings is 1. The highest BCUT2D eigenvalue weighted by atomic mass is 16.2. The molecule has 0 radical (unpaired) electrons. The van der Waals surface area contributed by atoms with Crippen molar-refractivity contribution in [1.82, 2.24) is 15.0 Å². The molecule has 0 fully saturated rings. The molecule has 0 bridgehead atoms. The van der Waals surface area contributed by atoms with Crippen molar-refractivity contribution in [3.05, 3.63) is 48.3 Å². The molecule has 3 rings (SSSR count). The maximum atomic E-state index is 11.7. The lowest BCUT2D eigenvalue weighted by Gasteiger charge is -1.97. The summed E-state index contributed by atoms with van der Waals surface area (Å²) in [5.74, 6) is 0.236. The van der Waals surface area contributed by atoms with Crippen molar-refractivity contribution >= 4 is 22.9 Å². The van der Waals surface area contributed by atoms with Crippen LogP contribution in [-0.4, -0.2) is 20.9 Å². The van der Waals surface area contributed by atoms with E-state index in [9.17, 15) is 4.79 Å². The molecule has 3 N–H and O–H groups in total. The summed E-state index contributed by atoms with van der Waals surface area (Å²) < 4.78 is 0. The van der Waals surface area contributed by atoms with E-state index in [0.29, 0.717) is 11.6 Å². The van der Waals surface area contributed by atoms with Crippen LogP contribution in [0.4, 0.5) is 5.95 Å². The number of carbonyl (C=O) groups is 1. The van der Waals surface area contributed by atoms with Crippen molar-refractivity contribution in [3.8, 4) is 0 Å². The Balaban J connectivity index is 1.88. The fourth-order valence-corrected chi connectivity index (χ4v) is 1.66. The molecule has 0 aliphatic carbocycles. The van der Waals surface area contributed by atoms with E-state index in [2.05, 4.69) is 20.3 Å². The minimum absolute atomic E-state index is 0.214. The Morgan fingerprint density at radius 3 is 2.82 bits per heavy atom. The predicted octanol–water partition coefficient (Wildman–Crippen LogP) is 2.14. The number of fused-ring (bicyclic) bond motifs is 1. The van der Waals surface area contributed by atoms with E-state index in [0.717, 1.165) is 11.0 Å². The summed E-state index contributed by atoms with van der Waals surface area (Å²) in [5.41, 5.74) is 2.23. The number of aromatic amines is 2. The molecule has 17 heavy (non-hydrogen) atoms. The Labute approximate surface area is 96.9 Å². The highest BCUT2D eigenvalue weighted by Gasteiger charge is 2.08. The number of hydrogen-bond acceptors (Lipinski definition) is 2. The third kappa shape index (κ3) is 1.78. The fourth-order valence-electron chi connectivity index (χ4n) is 1.66. The molecular weight excluding hydrogens is 216 g/mol. The number of anilines is 1. The Morgan fingerprint density at radius 2 is 2.06 bits per heavy atom. The van der Waals surface area contributed by atoms with Gasteiger partial charge in [0, 0.05) is 6.20 Å². The zero-order valence-corrected chi connectivity index (χ0v) is 8.90. The third-order valence-corrected chi connectivity index (χ3v) is 2.46. The van der Waals surface area contributed by atoms with Gasteiger partial charge in [0.25, 0.3) is 5.91 Å². The number of hydrogen-bond donors (Lipinski definition) is 3. The Bertz CT molecular complexity index is 621. The van der Waals surface area contributed by atoms with Crippen LogP contribution >= 0.6 is 0 Å². The van der Waals surface area contributed by atoms with Gasteiger partial charge in [0.2, 0.25) is 5.95 Å². The standard InChI is InChI=1S/C12H10N4O/c17-11(10-6-3-7-13-10)16-12-14-8-4-1-2-5-9(8)15-12/h1-7,13H,(H2,14,15,16,17). The molecule has 0 saturated heterocycles. The predicted molar refractivity (Wildman–Crippen MR) is 64.8 cm³/mol. The number of nitrogens with zero attached hydrogens (tertiary/aromatic N) is 1. The lowest BCUT2D eigenvalue weighted by Crippen LogP contribution is -2.13. The van der Waals surface area contributed by atoms with Gasteiger partial charge in [-0.15, -0.1) is 0 Å². The first-order chi connectivity index (χ1) is 8.33. The third-order valence-electron chi connectivity index (χ3n) is 2.46. The summed E-state index contributed by atoms with van der Waals surface area (Å²) in [6.45, 7) is 0. The molecular formula is C12H10N4O. The van der Waals surface area contributed by atoms with Gasteiger partial charge in [-0.25, -0.2) is 4.98 Å². The molecule has 3 aromatic rings.